The predicted molar refractivity (Wildman–Crippen MR) is 75.0 cm³/mol. The van der Waals surface area contributed by atoms with E-state index in [4.69, 9.17) is 0 Å². The van der Waals surface area contributed by atoms with Crippen LogP contribution in [0.4, 0.5) is 4.79 Å². The van der Waals surface area contributed by atoms with Gasteiger partial charge in [0.15, 0.2) is 0 Å². The monoisotopic (exact) mass is 269 g/mol. The molecule has 1 atom stereocenters. The number of nitrogens with one attached hydrogen (secondary N) is 1. The molecule has 0 radical (unpaired) electrons. The third-order valence-corrected chi connectivity index (χ3v) is 4.01. The fourth-order valence-electron chi connectivity index (χ4n) is 2.71. The van der Waals surface area contributed by atoms with E-state index in [0.717, 1.165) is 51.9 Å². The third-order valence-electron chi connectivity index (χ3n) is 4.01. The van der Waals surface area contributed by atoms with Gasteiger partial charge < -0.3 is 20.2 Å². The first-order valence-corrected chi connectivity index (χ1v) is 7.46. The molecule has 2 fully saturated rings. The number of carbonyl (C=O) groups excluding carboxylic acids is 1. The molecule has 0 aromatic heterocycles. The fraction of sp³-hybridized carbons (Fsp3) is 0.929. The number of hydrogen-bond donors (Lipinski definition) is 2. The van der Waals surface area contributed by atoms with E-state index >= 15 is 0 Å². The first-order chi connectivity index (χ1) is 9.04. The maximum Gasteiger partial charge on any atom is 0.317 e. The largest absolute Gasteiger partial charge is 0.392 e. The Hall–Kier alpha value is -0.810. The molecule has 5 heteroatoms. The summed E-state index contributed by atoms with van der Waals surface area (Å²) in [6, 6.07) is 0.511. The molecule has 2 N–H and O–H groups in total. The second kappa shape index (κ2) is 6.57. The number of piperidine rings is 1. The Bertz CT molecular complexity index is 297. The lowest BCUT2D eigenvalue weighted by Gasteiger charge is -2.34. The zero-order valence-corrected chi connectivity index (χ0v) is 12.1. The summed E-state index contributed by atoms with van der Waals surface area (Å²) < 4.78 is 0. The van der Waals surface area contributed by atoms with Crippen molar-refractivity contribution in [2.45, 2.75) is 44.8 Å². The van der Waals surface area contributed by atoms with Crippen molar-refractivity contribution in [2.75, 3.05) is 33.2 Å². The number of aliphatic hydroxyl groups is 1. The van der Waals surface area contributed by atoms with Crippen LogP contribution in [0.5, 0.6) is 0 Å². The number of nitrogens with zero attached hydrogens (tertiary/aromatic N) is 2. The molecule has 0 spiro atoms. The predicted octanol–water partition coefficient (Wildman–Crippen LogP) is 0.883. The number of hydrogen-bond acceptors (Lipinski definition) is 3. The topological polar surface area (TPSA) is 55.8 Å². The van der Waals surface area contributed by atoms with Crippen molar-refractivity contribution in [1.29, 1.82) is 0 Å². The molecule has 0 bridgehead atoms. The Kier molecular flexibility index (Phi) is 5.05. The smallest absolute Gasteiger partial charge is 0.317 e. The summed E-state index contributed by atoms with van der Waals surface area (Å²) in [4.78, 5) is 16.0. The molecule has 19 heavy (non-hydrogen) atoms. The van der Waals surface area contributed by atoms with Gasteiger partial charge in [-0.3, -0.25) is 0 Å². The van der Waals surface area contributed by atoms with Crippen molar-refractivity contribution < 1.29 is 9.90 Å². The van der Waals surface area contributed by atoms with E-state index in [1.165, 1.54) is 0 Å². The van der Waals surface area contributed by atoms with Crippen LogP contribution in [0.25, 0.3) is 0 Å². The first kappa shape index (κ1) is 14.6. The van der Waals surface area contributed by atoms with Crippen LogP contribution in [-0.2, 0) is 0 Å². The number of rotatable bonds is 5. The molecule has 110 valence electrons. The molecule has 1 aliphatic carbocycles. The normalized spacial score (nSPS) is 23.1. The van der Waals surface area contributed by atoms with E-state index in [9.17, 15) is 9.90 Å². The van der Waals surface area contributed by atoms with Gasteiger partial charge in [-0.25, -0.2) is 4.79 Å². The molecule has 0 aromatic rings. The summed E-state index contributed by atoms with van der Waals surface area (Å²) in [5.41, 5.74) is 0. The molecular weight excluding hydrogens is 242 g/mol. The van der Waals surface area contributed by atoms with Crippen LogP contribution in [-0.4, -0.2) is 66.3 Å². The Labute approximate surface area is 115 Å². The molecule has 0 aromatic carbocycles. The average molecular weight is 269 g/mol. The zero-order valence-electron chi connectivity index (χ0n) is 12.1. The van der Waals surface area contributed by atoms with Crippen molar-refractivity contribution in [3.8, 4) is 0 Å². The maximum atomic E-state index is 11.8. The maximum absolute atomic E-state index is 11.8. The number of urea groups is 1. The number of amides is 2. The van der Waals surface area contributed by atoms with Crippen LogP contribution < -0.4 is 5.32 Å². The summed E-state index contributed by atoms with van der Waals surface area (Å²) in [6.07, 6.45) is 4.26. The Balaban J connectivity index is 1.65. The van der Waals surface area contributed by atoms with Gasteiger partial charge in [-0.05, 0) is 51.6 Å². The van der Waals surface area contributed by atoms with Crippen molar-refractivity contribution in [3.05, 3.63) is 0 Å². The average Bonchev–Trinajstić information content (AvgIpc) is 3.14. The second-order valence-electron chi connectivity index (χ2n) is 6.20. The molecule has 1 aliphatic heterocycles. The highest BCUT2D eigenvalue weighted by Gasteiger charge is 2.26. The molecular formula is C14H27N3O2. The first-order valence-electron chi connectivity index (χ1n) is 7.46. The van der Waals surface area contributed by atoms with Crippen molar-refractivity contribution in [3.63, 3.8) is 0 Å². The molecule has 2 aliphatic rings. The number of likely N-dealkylation sites (tertiary alicyclic amines) is 1. The van der Waals surface area contributed by atoms with E-state index in [1.807, 2.05) is 18.9 Å². The lowest BCUT2D eigenvalue weighted by Crippen LogP contribution is -2.44. The highest BCUT2D eigenvalue weighted by atomic mass is 16.3. The molecule has 2 rings (SSSR count). The van der Waals surface area contributed by atoms with Crippen molar-refractivity contribution in [1.82, 2.24) is 15.1 Å². The molecule has 1 saturated carbocycles. The van der Waals surface area contributed by atoms with Gasteiger partial charge in [0.2, 0.25) is 0 Å². The molecule has 0 unspecified atom stereocenters. The zero-order chi connectivity index (χ0) is 13.8. The van der Waals surface area contributed by atoms with Crippen molar-refractivity contribution in [2.24, 2.45) is 5.92 Å². The molecule has 1 heterocycles. The standard InChI is InChI=1S/C14H27N3O2/c1-11(18)9-17-7-5-12(6-8-17)10-16(2)14(19)15-13-3-4-13/h11-13,18H,3-10H2,1-2H3,(H,15,19)/t11-/m0/s1. The lowest BCUT2D eigenvalue weighted by molar-refractivity contribution is 0.0945. The number of carbonyl (C=O) groups is 1. The minimum atomic E-state index is -0.247. The van der Waals surface area contributed by atoms with E-state index in [2.05, 4.69) is 10.2 Å². The minimum absolute atomic E-state index is 0.0777. The molecule has 2 amide bonds. The van der Waals surface area contributed by atoms with Gasteiger partial charge in [0.05, 0.1) is 6.10 Å². The van der Waals surface area contributed by atoms with Crippen LogP contribution >= 0.6 is 0 Å². The summed E-state index contributed by atoms with van der Waals surface area (Å²) in [5, 5.41) is 12.4. The van der Waals surface area contributed by atoms with E-state index in [-0.39, 0.29) is 12.1 Å². The minimum Gasteiger partial charge on any atom is -0.392 e. The van der Waals surface area contributed by atoms with Gasteiger partial charge in [0.1, 0.15) is 0 Å². The van der Waals surface area contributed by atoms with Gasteiger partial charge in [-0.1, -0.05) is 0 Å². The Morgan fingerprint density at radius 2 is 2.00 bits per heavy atom. The highest BCUT2D eigenvalue weighted by molar-refractivity contribution is 5.74. The van der Waals surface area contributed by atoms with Gasteiger partial charge in [-0.2, -0.15) is 0 Å². The van der Waals surface area contributed by atoms with Crippen LogP contribution in [0, 0.1) is 5.92 Å². The van der Waals surface area contributed by atoms with Crippen molar-refractivity contribution >= 4 is 6.03 Å². The van der Waals surface area contributed by atoms with E-state index < -0.39 is 0 Å². The molecule has 5 nitrogen and oxygen atoms in total. The van der Waals surface area contributed by atoms with Gasteiger partial charge in [0.25, 0.3) is 0 Å². The summed E-state index contributed by atoms with van der Waals surface area (Å²) >= 11 is 0. The second-order valence-corrected chi connectivity index (χ2v) is 6.20. The van der Waals surface area contributed by atoms with Crippen LogP contribution in [0.15, 0.2) is 0 Å². The highest BCUT2D eigenvalue weighted by Crippen LogP contribution is 2.20. The number of β-amino-alcohol motifs (C(OH)–C–C–N with tert-alkyl or cyclic N) is 1. The quantitative estimate of drug-likeness (QED) is 0.779. The van der Waals surface area contributed by atoms with Gasteiger partial charge in [-0.15, -0.1) is 0 Å². The van der Waals surface area contributed by atoms with E-state index in [0.29, 0.717) is 12.0 Å². The summed E-state index contributed by atoms with van der Waals surface area (Å²) in [6.45, 7) is 5.52. The number of aliphatic hydroxyl groups excluding tert-OH is 1. The summed E-state index contributed by atoms with van der Waals surface area (Å²) in [7, 11) is 1.89. The Morgan fingerprint density at radius 1 is 1.37 bits per heavy atom. The van der Waals surface area contributed by atoms with Gasteiger partial charge in [0, 0.05) is 26.2 Å². The van der Waals surface area contributed by atoms with Crippen LogP contribution in [0.1, 0.15) is 32.6 Å². The SMILES string of the molecule is C[C@H](O)CN1CCC(CN(C)C(=O)NC2CC2)CC1. The van der Waals surface area contributed by atoms with Crippen LogP contribution in [0.2, 0.25) is 0 Å². The van der Waals surface area contributed by atoms with E-state index in [1.54, 1.807) is 0 Å². The summed E-state index contributed by atoms with van der Waals surface area (Å²) in [5.74, 6) is 0.597. The molecule has 1 saturated heterocycles. The van der Waals surface area contributed by atoms with Gasteiger partial charge >= 0.3 is 6.03 Å². The Morgan fingerprint density at radius 3 is 2.53 bits per heavy atom. The lowest BCUT2D eigenvalue weighted by atomic mass is 9.96. The third kappa shape index (κ3) is 4.99. The van der Waals surface area contributed by atoms with Crippen LogP contribution in [0.3, 0.4) is 0 Å². The fourth-order valence-corrected chi connectivity index (χ4v) is 2.71.